The lowest BCUT2D eigenvalue weighted by Gasteiger charge is -2.19. The van der Waals surface area contributed by atoms with Crippen molar-refractivity contribution in [3.05, 3.63) is 22.2 Å². The van der Waals surface area contributed by atoms with Crippen molar-refractivity contribution >= 4 is 21.8 Å². The molecule has 0 radical (unpaired) electrons. The van der Waals surface area contributed by atoms with Crippen molar-refractivity contribution in [1.29, 1.82) is 0 Å². The van der Waals surface area contributed by atoms with E-state index in [2.05, 4.69) is 21.2 Å². The minimum absolute atomic E-state index is 0.0304. The van der Waals surface area contributed by atoms with Gasteiger partial charge in [0.2, 0.25) is 12.7 Å². The van der Waals surface area contributed by atoms with E-state index >= 15 is 0 Å². The second-order valence-electron chi connectivity index (χ2n) is 4.18. The molecule has 0 bridgehead atoms. The van der Waals surface area contributed by atoms with Gasteiger partial charge in [-0.05, 0) is 12.1 Å². The number of carbonyl (C=O) groups is 1. The largest absolute Gasteiger partial charge is 0.454 e. The molecule has 3 N–H and O–H groups in total. The Morgan fingerprint density at radius 2 is 2.05 bits per heavy atom. The molecule has 2 atom stereocenters. The third-order valence-corrected chi connectivity index (χ3v) is 3.42. The zero-order chi connectivity index (χ0) is 14.0. The van der Waals surface area contributed by atoms with Crippen LogP contribution < -0.4 is 14.8 Å². The average Bonchev–Trinajstić information content (AvgIpc) is 2.80. The van der Waals surface area contributed by atoms with Crippen LogP contribution in [-0.4, -0.2) is 35.6 Å². The molecule has 1 aliphatic rings. The molecule has 1 aliphatic heterocycles. The number of nitrogens with one attached hydrogen (secondary N) is 1. The summed E-state index contributed by atoms with van der Waals surface area (Å²) in [6, 6.07) is 3.28. The highest BCUT2D eigenvalue weighted by Gasteiger charge is 2.24. The Labute approximate surface area is 118 Å². The van der Waals surface area contributed by atoms with E-state index in [0.717, 1.165) is 0 Å². The summed E-state index contributed by atoms with van der Waals surface area (Å²) >= 11 is 3.30. The third kappa shape index (κ3) is 3.17. The molecule has 0 saturated heterocycles. The molecule has 1 amide bonds. The van der Waals surface area contributed by atoms with E-state index in [0.29, 0.717) is 21.5 Å². The fourth-order valence-corrected chi connectivity index (χ4v) is 2.28. The van der Waals surface area contributed by atoms with Crippen LogP contribution in [0.4, 0.5) is 0 Å². The van der Waals surface area contributed by atoms with Gasteiger partial charge in [0.15, 0.2) is 11.5 Å². The van der Waals surface area contributed by atoms with Crippen molar-refractivity contribution in [2.45, 2.75) is 19.1 Å². The predicted octanol–water partition coefficient (Wildman–Crippen LogP) is 0.708. The molecule has 104 valence electrons. The Bertz CT molecular complexity index is 493. The first-order valence-corrected chi connectivity index (χ1v) is 6.48. The lowest BCUT2D eigenvalue weighted by atomic mass is 10.0. The van der Waals surface area contributed by atoms with Gasteiger partial charge < -0.3 is 25.0 Å². The van der Waals surface area contributed by atoms with Crippen molar-refractivity contribution < 1.29 is 24.5 Å². The average molecular weight is 332 g/mol. The van der Waals surface area contributed by atoms with E-state index in [1.807, 2.05) is 0 Å². The quantitative estimate of drug-likeness (QED) is 0.756. The molecule has 2 rings (SSSR count). The Balaban J connectivity index is 2.14. The highest BCUT2D eigenvalue weighted by atomic mass is 79.9. The summed E-state index contributed by atoms with van der Waals surface area (Å²) in [7, 11) is 0. The van der Waals surface area contributed by atoms with E-state index in [1.54, 1.807) is 12.1 Å². The number of carbonyl (C=O) groups excluding carboxylic acids is 1. The van der Waals surface area contributed by atoms with Crippen LogP contribution in [0.15, 0.2) is 16.6 Å². The fraction of sp³-hybridized carbons (Fsp3) is 0.417. The van der Waals surface area contributed by atoms with Crippen LogP contribution in [0.2, 0.25) is 0 Å². The second-order valence-corrected chi connectivity index (χ2v) is 5.03. The number of aliphatic hydroxyl groups is 2. The molecular formula is C12H14BrNO5. The smallest absolute Gasteiger partial charge is 0.231 e. The first-order valence-electron chi connectivity index (χ1n) is 5.68. The van der Waals surface area contributed by atoms with Crippen molar-refractivity contribution in [3.63, 3.8) is 0 Å². The summed E-state index contributed by atoms with van der Waals surface area (Å²) in [4.78, 5) is 10.8. The molecule has 1 heterocycles. The van der Waals surface area contributed by atoms with Gasteiger partial charge in [0, 0.05) is 23.5 Å². The Morgan fingerprint density at radius 3 is 2.68 bits per heavy atom. The van der Waals surface area contributed by atoms with E-state index in [4.69, 9.17) is 9.47 Å². The van der Waals surface area contributed by atoms with Crippen molar-refractivity contribution in [1.82, 2.24) is 5.32 Å². The summed E-state index contributed by atoms with van der Waals surface area (Å²) in [6.07, 6.45) is -2.25. The molecule has 0 spiro atoms. The van der Waals surface area contributed by atoms with Crippen LogP contribution in [0.1, 0.15) is 18.6 Å². The summed E-state index contributed by atoms with van der Waals surface area (Å²) in [5.41, 5.74) is 0.474. The zero-order valence-corrected chi connectivity index (χ0v) is 11.8. The minimum Gasteiger partial charge on any atom is -0.454 e. The van der Waals surface area contributed by atoms with Crippen LogP contribution in [0.3, 0.4) is 0 Å². The van der Waals surface area contributed by atoms with Gasteiger partial charge in [-0.1, -0.05) is 15.9 Å². The minimum atomic E-state index is -1.14. The first-order chi connectivity index (χ1) is 8.99. The predicted molar refractivity (Wildman–Crippen MR) is 69.9 cm³/mol. The number of benzene rings is 1. The van der Waals surface area contributed by atoms with E-state index in [9.17, 15) is 15.0 Å². The molecule has 0 aromatic heterocycles. The topological polar surface area (TPSA) is 88.0 Å². The fourth-order valence-electron chi connectivity index (χ4n) is 1.73. The zero-order valence-electron chi connectivity index (χ0n) is 10.2. The van der Waals surface area contributed by atoms with Gasteiger partial charge in [-0.2, -0.15) is 0 Å². The van der Waals surface area contributed by atoms with Crippen LogP contribution >= 0.6 is 15.9 Å². The maximum Gasteiger partial charge on any atom is 0.231 e. The highest BCUT2D eigenvalue weighted by Crippen LogP contribution is 2.39. The van der Waals surface area contributed by atoms with E-state index < -0.39 is 12.2 Å². The maximum absolute atomic E-state index is 10.8. The molecule has 19 heavy (non-hydrogen) atoms. The second kappa shape index (κ2) is 5.77. The Hall–Kier alpha value is -1.31. The van der Waals surface area contributed by atoms with E-state index in [-0.39, 0.29) is 19.2 Å². The molecule has 1 aromatic carbocycles. The van der Waals surface area contributed by atoms with Crippen molar-refractivity contribution in [3.8, 4) is 11.5 Å². The van der Waals surface area contributed by atoms with Gasteiger partial charge in [0.1, 0.15) is 12.2 Å². The van der Waals surface area contributed by atoms with Gasteiger partial charge in [-0.15, -0.1) is 0 Å². The first kappa shape index (κ1) is 14.1. The number of rotatable bonds is 4. The summed E-state index contributed by atoms with van der Waals surface area (Å²) < 4.78 is 11.0. The number of aliphatic hydroxyl groups excluding tert-OH is 2. The van der Waals surface area contributed by atoms with E-state index in [1.165, 1.54) is 6.92 Å². The molecule has 0 fully saturated rings. The summed E-state index contributed by atoms with van der Waals surface area (Å²) in [5.74, 6) is 0.833. The summed E-state index contributed by atoms with van der Waals surface area (Å²) in [5, 5.41) is 22.4. The Kier molecular flexibility index (Phi) is 4.28. The molecule has 6 nitrogen and oxygen atoms in total. The molecule has 0 saturated carbocycles. The monoisotopic (exact) mass is 331 g/mol. The molecule has 1 aromatic rings. The lowest BCUT2D eigenvalue weighted by molar-refractivity contribution is -0.119. The van der Waals surface area contributed by atoms with Crippen LogP contribution in [0.25, 0.3) is 0 Å². The van der Waals surface area contributed by atoms with Crippen molar-refractivity contribution in [2.24, 2.45) is 0 Å². The number of amides is 1. The number of fused-ring (bicyclic) bond motifs is 1. The van der Waals surface area contributed by atoms with Gasteiger partial charge in [0.25, 0.3) is 0 Å². The number of hydrogen-bond donors (Lipinski definition) is 3. The lowest BCUT2D eigenvalue weighted by Crippen LogP contribution is -2.34. The molecule has 0 aliphatic carbocycles. The maximum atomic E-state index is 10.8. The van der Waals surface area contributed by atoms with Crippen LogP contribution in [0.5, 0.6) is 11.5 Å². The Morgan fingerprint density at radius 1 is 1.42 bits per heavy atom. The number of hydrogen-bond acceptors (Lipinski definition) is 5. The van der Waals surface area contributed by atoms with Crippen LogP contribution in [-0.2, 0) is 4.79 Å². The summed E-state index contributed by atoms with van der Waals surface area (Å²) in [6.45, 7) is 1.45. The number of halogens is 1. The van der Waals surface area contributed by atoms with Crippen LogP contribution in [0, 0.1) is 0 Å². The normalized spacial score (nSPS) is 16.0. The van der Waals surface area contributed by atoms with Gasteiger partial charge >= 0.3 is 0 Å². The van der Waals surface area contributed by atoms with Gasteiger partial charge in [0.05, 0.1) is 0 Å². The van der Waals surface area contributed by atoms with Gasteiger partial charge in [-0.25, -0.2) is 0 Å². The standard InChI is InChI=1S/C12H14BrNO5/c1-6(15)14-4-9(16)12(17)7-2-10-11(3-8(7)13)19-5-18-10/h2-3,9,12,16-17H,4-5H2,1H3,(H,14,15). The SMILES string of the molecule is CC(=O)NCC(O)C(O)c1cc2c(cc1Br)OCO2. The van der Waals surface area contributed by atoms with Gasteiger partial charge in [-0.3, -0.25) is 4.79 Å². The highest BCUT2D eigenvalue weighted by molar-refractivity contribution is 9.10. The third-order valence-electron chi connectivity index (χ3n) is 2.74. The number of ether oxygens (including phenoxy) is 2. The molecular weight excluding hydrogens is 318 g/mol. The van der Waals surface area contributed by atoms with Crippen molar-refractivity contribution in [2.75, 3.05) is 13.3 Å². The molecule has 7 heteroatoms. The molecule has 2 unspecified atom stereocenters.